The largest absolute Gasteiger partial charge is 0.456 e. The van der Waals surface area contributed by atoms with Crippen LogP contribution in [0, 0.1) is 0 Å². The van der Waals surface area contributed by atoms with Gasteiger partial charge in [0.1, 0.15) is 11.2 Å². The van der Waals surface area contributed by atoms with Crippen LogP contribution in [0.5, 0.6) is 0 Å². The summed E-state index contributed by atoms with van der Waals surface area (Å²) < 4.78 is 8.95. The number of aromatic nitrogens is 4. The molecule has 4 aromatic heterocycles. The minimum atomic E-state index is 0.633. The number of fused-ring (bicyclic) bond motifs is 10. The van der Waals surface area contributed by atoms with E-state index in [-0.39, 0.29) is 0 Å². The van der Waals surface area contributed by atoms with Gasteiger partial charge in [-0.2, -0.15) is 0 Å². The number of rotatable bonds is 4. The van der Waals surface area contributed by atoms with E-state index >= 15 is 0 Å². The summed E-state index contributed by atoms with van der Waals surface area (Å²) in [6, 6.07) is 54.8. The first kappa shape index (κ1) is 27.1. The second kappa shape index (κ2) is 10.3. The molecule has 5 heteroatoms. The summed E-state index contributed by atoms with van der Waals surface area (Å²) in [5, 5.41) is 7.26. The Labute approximate surface area is 286 Å². The molecule has 0 saturated carbocycles. The van der Waals surface area contributed by atoms with Crippen LogP contribution in [0.3, 0.4) is 0 Å². The lowest BCUT2D eigenvalue weighted by Gasteiger charge is -2.10. The maximum Gasteiger partial charge on any atom is 0.164 e. The Kier molecular flexibility index (Phi) is 5.60. The third-order valence-electron chi connectivity index (χ3n) is 9.97. The minimum Gasteiger partial charge on any atom is -0.456 e. The van der Waals surface area contributed by atoms with Crippen LogP contribution in [0.4, 0.5) is 0 Å². The van der Waals surface area contributed by atoms with Gasteiger partial charge in [-0.25, -0.2) is 15.0 Å². The Balaban J connectivity index is 1.12. The molecule has 0 aliphatic heterocycles. The van der Waals surface area contributed by atoms with Crippen molar-refractivity contribution in [3.8, 4) is 45.3 Å². The molecule has 0 aliphatic carbocycles. The van der Waals surface area contributed by atoms with Gasteiger partial charge in [-0.3, -0.25) is 0 Å². The zero-order valence-electron chi connectivity index (χ0n) is 26.7. The number of hydrogen-bond donors (Lipinski definition) is 0. The molecule has 11 aromatic rings. The van der Waals surface area contributed by atoms with Crippen molar-refractivity contribution in [3.05, 3.63) is 158 Å². The molecular weight excluding hydrogens is 613 g/mol. The lowest BCUT2D eigenvalue weighted by atomic mass is 9.99. The van der Waals surface area contributed by atoms with Gasteiger partial charge in [-0.1, -0.05) is 121 Å². The van der Waals surface area contributed by atoms with Crippen LogP contribution in [0.1, 0.15) is 0 Å². The molecule has 232 valence electrons. The van der Waals surface area contributed by atoms with Crippen molar-refractivity contribution in [3.63, 3.8) is 0 Å². The highest BCUT2D eigenvalue weighted by atomic mass is 16.3. The van der Waals surface area contributed by atoms with Gasteiger partial charge in [-0.15, -0.1) is 0 Å². The summed E-state index contributed by atoms with van der Waals surface area (Å²) in [5.41, 5.74) is 10.4. The van der Waals surface area contributed by atoms with Gasteiger partial charge in [0.15, 0.2) is 17.5 Å². The SMILES string of the molecule is c1ccc(-c2nc(-c3ccccc3)nc(-c3cccc(-c4ccc5oc6ccc7c8cccc9c%10ccccc%10n(c98)c7c6c5c4)c3)n2)cc1. The van der Waals surface area contributed by atoms with E-state index in [1.54, 1.807) is 0 Å². The fourth-order valence-corrected chi connectivity index (χ4v) is 7.72. The topological polar surface area (TPSA) is 56.2 Å². The van der Waals surface area contributed by atoms with E-state index in [4.69, 9.17) is 19.4 Å². The van der Waals surface area contributed by atoms with E-state index in [0.29, 0.717) is 17.5 Å². The summed E-state index contributed by atoms with van der Waals surface area (Å²) in [5.74, 6) is 1.92. The highest BCUT2D eigenvalue weighted by Crippen LogP contribution is 2.44. The predicted octanol–water partition coefficient (Wildman–Crippen LogP) is 11.6. The molecule has 0 amide bonds. The summed E-state index contributed by atoms with van der Waals surface area (Å²) in [6.45, 7) is 0. The van der Waals surface area contributed by atoms with Crippen LogP contribution < -0.4 is 0 Å². The van der Waals surface area contributed by atoms with E-state index in [0.717, 1.165) is 49.8 Å². The monoisotopic (exact) mass is 638 g/mol. The summed E-state index contributed by atoms with van der Waals surface area (Å²) >= 11 is 0. The zero-order chi connectivity index (χ0) is 32.8. The highest BCUT2D eigenvalue weighted by Gasteiger charge is 2.21. The first-order valence-electron chi connectivity index (χ1n) is 16.8. The van der Waals surface area contributed by atoms with E-state index in [1.165, 1.54) is 38.1 Å². The van der Waals surface area contributed by atoms with Gasteiger partial charge in [0.25, 0.3) is 0 Å². The number of hydrogen-bond acceptors (Lipinski definition) is 4. The molecule has 0 radical (unpaired) electrons. The van der Waals surface area contributed by atoms with Gasteiger partial charge >= 0.3 is 0 Å². The second-order valence-corrected chi connectivity index (χ2v) is 12.8. The molecule has 4 heterocycles. The summed E-state index contributed by atoms with van der Waals surface area (Å²) in [6.07, 6.45) is 0. The van der Waals surface area contributed by atoms with Gasteiger partial charge in [0.2, 0.25) is 0 Å². The van der Waals surface area contributed by atoms with Crippen molar-refractivity contribution < 1.29 is 4.42 Å². The van der Waals surface area contributed by atoms with Crippen LogP contribution in [0.25, 0.3) is 105 Å². The summed E-state index contributed by atoms with van der Waals surface area (Å²) in [7, 11) is 0. The first-order chi connectivity index (χ1) is 24.8. The molecule has 0 bridgehead atoms. The lowest BCUT2D eigenvalue weighted by Crippen LogP contribution is -2.00. The third-order valence-corrected chi connectivity index (χ3v) is 9.97. The van der Waals surface area contributed by atoms with Crippen LogP contribution in [-0.2, 0) is 0 Å². The molecule has 11 rings (SSSR count). The molecule has 0 N–H and O–H groups in total. The standard InChI is InChI=1S/C45H26N4O/c1-3-11-27(12-4-1)43-46-44(28-13-5-2-6-14-28)48-45(47-43)31-16-9-15-29(25-31)30-21-23-38-36(26-30)40-39(50-38)24-22-35-34-19-10-18-33-32-17-7-8-20-37(32)49(41(33)34)42(35)40/h1-26H. The van der Waals surface area contributed by atoms with Crippen molar-refractivity contribution in [1.29, 1.82) is 0 Å². The Morgan fingerprint density at radius 3 is 1.66 bits per heavy atom. The van der Waals surface area contributed by atoms with Crippen molar-refractivity contribution >= 4 is 60.0 Å². The Morgan fingerprint density at radius 2 is 0.900 bits per heavy atom. The third kappa shape index (κ3) is 3.92. The fraction of sp³-hybridized carbons (Fsp3) is 0. The average molecular weight is 639 g/mol. The highest BCUT2D eigenvalue weighted by molar-refractivity contribution is 6.30. The molecule has 0 fully saturated rings. The normalized spacial score (nSPS) is 12.0. The molecule has 50 heavy (non-hydrogen) atoms. The van der Waals surface area contributed by atoms with Crippen LogP contribution in [-0.4, -0.2) is 19.4 Å². The van der Waals surface area contributed by atoms with E-state index in [2.05, 4.69) is 101 Å². The van der Waals surface area contributed by atoms with Crippen LogP contribution in [0.15, 0.2) is 162 Å². The van der Waals surface area contributed by atoms with E-state index < -0.39 is 0 Å². The molecule has 0 aliphatic rings. The maximum absolute atomic E-state index is 6.52. The van der Waals surface area contributed by atoms with Gasteiger partial charge in [0, 0.05) is 43.6 Å². The summed E-state index contributed by atoms with van der Waals surface area (Å²) in [4.78, 5) is 14.8. The number of nitrogens with zero attached hydrogens (tertiary/aromatic N) is 4. The Hall–Kier alpha value is -6.85. The maximum atomic E-state index is 6.52. The second-order valence-electron chi connectivity index (χ2n) is 12.8. The number of benzene rings is 7. The minimum absolute atomic E-state index is 0.633. The van der Waals surface area contributed by atoms with Crippen molar-refractivity contribution in [2.24, 2.45) is 0 Å². The van der Waals surface area contributed by atoms with Crippen LogP contribution >= 0.6 is 0 Å². The molecule has 0 spiro atoms. The Bertz CT molecular complexity index is 3030. The van der Waals surface area contributed by atoms with Gasteiger partial charge < -0.3 is 8.82 Å². The smallest absolute Gasteiger partial charge is 0.164 e. The molecule has 5 nitrogen and oxygen atoms in total. The van der Waals surface area contributed by atoms with Gasteiger partial charge in [0.05, 0.1) is 21.9 Å². The number of para-hydroxylation sites is 2. The average Bonchev–Trinajstić information content (AvgIpc) is 3.85. The number of furan rings is 1. The van der Waals surface area contributed by atoms with Crippen molar-refractivity contribution in [2.75, 3.05) is 0 Å². The predicted molar refractivity (Wildman–Crippen MR) is 204 cm³/mol. The van der Waals surface area contributed by atoms with E-state index in [1.807, 2.05) is 60.7 Å². The van der Waals surface area contributed by atoms with Crippen LogP contribution in [0.2, 0.25) is 0 Å². The molecule has 7 aromatic carbocycles. The molecule has 0 saturated heterocycles. The Morgan fingerprint density at radius 1 is 0.360 bits per heavy atom. The molecule has 0 unspecified atom stereocenters. The first-order valence-corrected chi connectivity index (χ1v) is 16.8. The van der Waals surface area contributed by atoms with Crippen molar-refractivity contribution in [1.82, 2.24) is 19.4 Å². The zero-order valence-corrected chi connectivity index (χ0v) is 26.7. The lowest BCUT2D eigenvalue weighted by molar-refractivity contribution is 0.669. The van der Waals surface area contributed by atoms with Crippen molar-refractivity contribution in [2.45, 2.75) is 0 Å². The van der Waals surface area contributed by atoms with Gasteiger partial charge in [-0.05, 0) is 47.5 Å². The molecular formula is C45H26N4O. The quantitative estimate of drug-likeness (QED) is 0.192. The molecule has 0 atom stereocenters. The fourth-order valence-electron chi connectivity index (χ4n) is 7.72. The van der Waals surface area contributed by atoms with E-state index in [9.17, 15) is 0 Å².